The number of benzene rings is 1. The van der Waals surface area contributed by atoms with Gasteiger partial charge in [-0.15, -0.1) is 0 Å². The number of amides is 2. The fourth-order valence-corrected chi connectivity index (χ4v) is 1.93. The maximum Gasteiger partial charge on any atom is 0.313 e. The highest BCUT2D eigenvalue weighted by atomic mass is 16.5. The van der Waals surface area contributed by atoms with E-state index in [0.29, 0.717) is 17.2 Å². The maximum absolute atomic E-state index is 11.9. The summed E-state index contributed by atoms with van der Waals surface area (Å²) in [6.07, 6.45) is 1.05. The maximum atomic E-state index is 11.9. The Morgan fingerprint density at radius 1 is 1.17 bits per heavy atom. The van der Waals surface area contributed by atoms with Crippen molar-refractivity contribution in [3.63, 3.8) is 0 Å². The summed E-state index contributed by atoms with van der Waals surface area (Å²) in [5.74, 6) is -0.379. The molecular weight excluding hydrogens is 300 g/mol. The average Bonchev–Trinajstić information content (AvgIpc) is 3.09. The molecule has 0 aliphatic carbocycles. The van der Waals surface area contributed by atoms with Crippen molar-refractivity contribution in [1.29, 1.82) is 0 Å². The van der Waals surface area contributed by atoms with Crippen molar-refractivity contribution < 1.29 is 23.5 Å². The summed E-state index contributed by atoms with van der Waals surface area (Å²) in [6.45, 7) is 0.119. The number of nitrogens with one attached hydrogen (secondary N) is 2. The van der Waals surface area contributed by atoms with Gasteiger partial charge in [0.25, 0.3) is 0 Å². The summed E-state index contributed by atoms with van der Waals surface area (Å²) in [4.78, 5) is 23.7. The van der Waals surface area contributed by atoms with Crippen LogP contribution in [0.2, 0.25) is 0 Å². The van der Waals surface area contributed by atoms with Crippen LogP contribution in [0.1, 0.15) is 11.9 Å². The number of furan rings is 1. The Hall–Kier alpha value is -2.80. The number of rotatable bonds is 6. The molecule has 0 fully saturated rings. The molecule has 0 aliphatic heterocycles. The molecular formula is C16H18N2O5. The molecule has 0 radical (unpaired) electrons. The first kappa shape index (κ1) is 16.6. The van der Waals surface area contributed by atoms with Gasteiger partial charge >= 0.3 is 11.8 Å². The summed E-state index contributed by atoms with van der Waals surface area (Å²) in [5, 5.41) is 5.00. The van der Waals surface area contributed by atoms with Gasteiger partial charge in [-0.3, -0.25) is 9.59 Å². The fraction of sp³-hybridized carbons (Fsp3) is 0.250. The lowest BCUT2D eigenvalue weighted by molar-refractivity contribution is -0.136. The molecule has 1 atom stereocenters. The molecule has 2 N–H and O–H groups in total. The van der Waals surface area contributed by atoms with E-state index in [1.54, 1.807) is 36.4 Å². The Labute approximate surface area is 133 Å². The quantitative estimate of drug-likeness (QED) is 0.792. The second-order valence-electron chi connectivity index (χ2n) is 4.64. The Kier molecular flexibility index (Phi) is 5.76. The third-order valence-electron chi connectivity index (χ3n) is 3.13. The molecule has 2 amide bonds. The fourth-order valence-electron chi connectivity index (χ4n) is 1.93. The highest BCUT2D eigenvalue weighted by Crippen LogP contribution is 2.17. The number of hydrogen-bond donors (Lipinski definition) is 2. The summed E-state index contributed by atoms with van der Waals surface area (Å²) >= 11 is 0. The van der Waals surface area contributed by atoms with Gasteiger partial charge in [0.05, 0.1) is 19.9 Å². The lowest BCUT2D eigenvalue weighted by Gasteiger charge is -2.13. The zero-order valence-corrected chi connectivity index (χ0v) is 12.9. The Morgan fingerprint density at radius 3 is 2.65 bits per heavy atom. The van der Waals surface area contributed by atoms with Crippen molar-refractivity contribution in [2.24, 2.45) is 0 Å². The largest absolute Gasteiger partial charge is 0.497 e. The molecule has 1 unspecified atom stereocenters. The molecule has 23 heavy (non-hydrogen) atoms. The standard InChI is InChI=1S/C16H18N2O5/c1-21-12-6-3-5-11(9-12)18-16(20)15(19)17-10-14(22-2)13-7-4-8-23-13/h3-9,14H,10H2,1-2H3,(H,17,19)(H,18,20). The van der Waals surface area contributed by atoms with Gasteiger partial charge < -0.3 is 24.5 Å². The van der Waals surface area contributed by atoms with Gasteiger partial charge in [-0.25, -0.2) is 0 Å². The lowest BCUT2D eigenvalue weighted by atomic mass is 10.2. The van der Waals surface area contributed by atoms with Crippen LogP contribution in [-0.2, 0) is 14.3 Å². The summed E-state index contributed by atoms with van der Waals surface area (Å²) in [7, 11) is 3.02. The molecule has 2 rings (SSSR count). The zero-order chi connectivity index (χ0) is 16.7. The molecule has 0 bridgehead atoms. The molecule has 122 valence electrons. The van der Waals surface area contributed by atoms with Gasteiger partial charge in [-0.1, -0.05) is 6.07 Å². The van der Waals surface area contributed by atoms with E-state index in [0.717, 1.165) is 0 Å². The van der Waals surface area contributed by atoms with Crippen molar-refractivity contribution in [1.82, 2.24) is 5.32 Å². The number of ether oxygens (including phenoxy) is 2. The lowest BCUT2D eigenvalue weighted by Crippen LogP contribution is -2.37. The molecule has 1 aromatic heterocycles. The number of methoxy groups -OCH3 is 2. The molecule has 0 saturated carbocycles. The highest BCUT2D eigenvalue weighted by Gasteiger charge is 2.18. The SMILES string of the molecule is COc1cccc(NC(=O)C(=O)NCC(OC)c2ccco2)c1. The minimum absolute atomic E-state index is 0.119. The van der Waals surface area contributed by atoms with Gasteiger partial charge in [0.1, 0.15) is 17.6 Å². The Morgan fingerprint density at radius 2 is 2.00 bits per heavy atom. The predicted octanol–water partition coefficient (Wildman–Crippen LogP) is 1.73. The van der Waals surface area contributed by atoms with E-state index in [-0.39, 0.29) is 6.54 Å². The first-order valence-electron chi connectivity index (χ1n) is 6.93. The molecule has 1 heterocycles. The van der Waals surface area contributed by atoms with Crippen molar-refractivity contribution in [2.45, 2.75) is 6.10 Å². The highest BCUT2D eigenvalue weighted by molar-refractivity contribution is 6.39. The predicted molar refractivity (Wildman–Crippen MR) is 83.1 cm³/mol. The van der Waals surface area contributed by atoms with Gasteiger partial charge in [0, 0.05) is 18.9 Å². The molecule has 0 aliphatic rings. The summed E-state index contributed by atoms with van der Waals surface area (Å²) < 4.78 is 15.5. The zero-order valence-electron chi connectivity index (χ0n) is 12.9. The van der Waals surface area contributed by atoms with Gasteiger partial charge in [-0.2, -0.15) is 0 Å². The smallest absolute Gasteiger partial charge is 0.313 e. The number of carbonyl (C=O) groups excluding carboxylic acids is 2. The molecule has 7 heteroatoms. The van der Waals surface area contributed by atoms with E-state index in [1.165, 1.54) is 20.5 Å². The van der Waals surface area contributed by atoms with Crippen molar-refractivity contribution >= 4 is 17.5 Å². The first-order valence-corrected chi connectivity index (χ1v) is 6.93. The molecule has 1 aromatic carbocycles. The number of hydrogen-bond acceptors (Lipinski definition) is 5. The van der Waals surface area contributed by atoms with Gasteiger partial charge in [0.2, 0.25) is 0 Å². The van der Waals surface area contributed by atoms with Crippen LogP contribution in [0.5, 0.6) is 5.75 Å². The second kappa shape index (κ2) is 8.00. The summed E-state index contributed by atoms with van der Waals surface area (Å²) in [6, 6.07) is 10.2. The molecule has 0 saturated heterocycles. The van der Waals surface area contributed by atoms with Crippen LogP contribution in [0.4, 0.5) is 5.69 Å². The van der Waals surface area contributed by atoms with Crippen molar-refractivity contribution in [2.75, 3.05) is 26.1 Å². The van der Waals surface area contributed by atoms with Crippen LogP contribution in [0.15, 0.2) is 47.1 Å². The minimum atomic E-state index is -0.771. The monoisotopic (exact) mass is 318 g/mol. The van der Waals surface area contributed by atoms with Crippen molar-refractivity contribution in [3.05, 3.63) is 48.4 Å². The normalized spacial score (nSPS) is 11.6. The van der Waals surface area contributed by atoms with Gasteiger partial charge in [-0.05, 0) is 24.3 Å². The first-order chi connectivity index (χ1) is 11.1. The van der Waals surface area contributed by atoms with Crippen LogP contribution in [0.25, 0.3) is 0 Å². The van der Waals surface area contributed by atoms with E-state index in [1.807, 2.05) is 0 Å². The van der Waals surface area contributed by atoms with Crippen LogP contribution in [-0.4, -0.2) is 32.6 Å². The Balaban J connectivity index is 1.88. The third kappa shape index (κ3) is 4.58. The van der Waals surface area contributed by atoms with Crippen LogP contribution >= 0.6 is 0 Å². The van der Waals surface area contributed by atoms with Crippen molar-refractivity contribution in [3.8, 4) is 5.75 Å². The third-order valence-corrected chi connectivity index (χ3v) is 3.13. The van der Waals surface area contributed by atoms with E-state index in [4.69, 9.17) is 13.9 Å². The van der Waals surface area contributed by atoms with E-state index in [2.05, 4.69) is 10.6 Å². The van der Waals surface area contributed by atoms with Crippen LogP contribution in [0.3, 0.4) is 0 Å². The molecule has 0 spiro atoms. The average molecular weight is 318 g/mol. The van der Waals surface area contributed by atoms with Crippen LogP contribution in [0, 0.1) is 0 Å². The second-order valence-corrected chi connectivity index (χ2v) is 4.64. The van der Waals surface area contributed by atoms with Gasteiger partial charge in [0.15, 0.2) is 0 Å². The minimum Gasteiger partial charge on any atom is -0.497 e. The summed E-state index contributed by atoms with van der Waals surface area (Å²) in [5.41, 5.74) is 0.471. The number of carbonyl (C=O) groups is 2. The van der Waals surface area contributed by atoms with E-state index in [9.17, 15) is 9.59 Å². The topological polar surface area (TPSA) is 89.8 Å². The Bertz CT molecular complexity index is 654. The van der Waals surface area contributed by atoms with E-state index >= 15 is 0 Å². The van der Waals surface area contributed by atoms with Crippen LogP contribution < -0.4 is 15.4 Å². The molecule has 2 aromatic rings. The van der Waals surface area contributed by atoms with E-state index < -0.39 is 17.9 Å². The molecule has 7 nitrogen and oxygen atoms in total. The number of anilines is 1.